The third-order valence-electron chi connectivity index (χ3n) is 3.24. The van der Waals surface area contributed by atoms with Gasteiger partial charge in [-0.3, -0.25) is 4.79 Å². The second-order valence-electron chi connectivity index (χ2n) is 4.45. The molecule has 106 valence electrons. The second kappa shape index (κ2) is 7.11. The van der Waals surface area contributed by atoms with E-state index in [0.29, 0.717) is 6.42 Å². The fraction of sp³-hybridized carbons (Fsp3) is 0.500. The molecule has 0 aliphatic rings. The van der Waals surface area contributed by atoms with E-state index in [4.69, 9.17) is 15.6 Å². The van der Waals surface area contributed by atoms with E-state index in [0.717, 1.165) is 23.3 Å². The number of aliphatic carboxylic acids is 1. The van der Waals surface area contributed by atoms with E-state index in [2.05, 4.69) is 12.2 Å². The molecule has 1 aromatic carbocycles. The molecule has 0 aliphatic carbocycles. The third-order valence-corrected chi connectivity index (χ3v) is 3.24. The lowest BCUT2D eigenvalue weighted by Gasteiger charge is -2.20. The zero-order valence-corrected chi connectivity index (χ0v) is 11.6. The first-order chi connectivity index (χ1) is 9.03. The van der Waals surface area contributed by atoms with Gasteiger partial charge in [0.1, 0.15) is 11.8 Å². The van der Waals surface area contributed by atoms with Crippen molar-refractivity contribution in [3.8, 4) is 5.75 Å². The molecule has 5 nitrogen and oxygen atoms in total. The van der Waals surface area contributed by atoms with Gasteiger partial charge >= 0.3 is 5.97 Å². The van der Waals surface area contributed by atoms with Crippen molar-refractivity contribution < 1.29 is 14.6 Å². The third kappa shape index (κ3) is 3.94. The molecule has 4 N–H and O–H groups in total. The number of hydrogen-bond acceptors (Lipinski definition) is 4. The lowest BCUT2D eigenvalue weighted by molar-refractivity contribution is -0.138. The Kier molecular flexibility index (Phi) is 5.79. The molecule has 1 rings (SSSR count). The topological polar surface area (TPSA) is 84.6 Å². The van der Waals surface area contributed by atoms with Crippen LogP contribution in [-0.2, 0) is 11.2 Å². The molecule has 0 saturated carbocycles. The van der Waals surface area contributed by atoms with Gasteiger partial charge in [-0.05, 0) is 37.1 Å². The molecule has 0 aromatic heterocycles. The van der Waals surface area contributed by atoms with Gasteiger partial charge in [-0.2, -0.15) is 0 Å². The predicted molar refractivity (Wildman–Crippen MR) is 74.4 cm³/mol. The summed E-state index contributed by atoms with van der Waals surface area (Å²) in [6, 6.07) is 4.93. The Hall–Kier alpha value is -1.59. The highest BCUT2D eigenvalue weighted by molar-refractivity contribution is 5.73. The lowest BCUT2D eigenvalue weighted by Crippen LogP contribution is -2.34. The molecule has 5 heteroatoms. The maximum Gasteiger partial charge on any atom is 0.320 e. The van der Waals surface area contributed by atoms with Crippen LogP contribution in [0, 0.1) is 0 Å². The number of methoxy groups -OCH3 is 1. The molecule has 0 heterocycles. The molecule has 19 heavy (non-hydrogen) atoms. The Morgan fingerprint density at radius 1 is 1.53 bits per heavy atom. The minimum atomic E-state index is -0.982. The van der Waals surface area contributed by atoms with E-state index in [1.165, 1.54) is 0 Å². The summed E-state index contributed by atoms with van der Waals surface area (Å²) in [7, 11) is 3.44. The van der Waals surface area contributed by atoms with Gasteiger partial charge in [0.2, 0.25) is 0 Å². The van der Waals surface area contributed by atoms with Crippen LogP contribution in [0.25, 0.3) is 0 Å². The second-order valence-corrected chi connectivity index (χ2v) is 4.45. The number of nitrogens with one attached hydrogen (secondary N) is 1. The van der Waals surface area contributed by atoms with E-state index in [-0.39, 0.29) is 6.04 Å². The molecule has 2 unspecified atom stereocenters. The van der Waals surface area contributed by atoms with Crippen LogP contribution in [0.15, 0.2) is 18.2 Å². The van der Waals surface area contributed by atoms with Gasteiger partial charge < -0.3 is 20.9 Å². The molecule has 0 aliphatic heterocycles. The first-order valence-corrected chi connectivity index (χ1v) is 6.35. The van der Waals surface area contributed by atoms with Gasteiger partial charge in [0.05, 0.1) is 7.11 Å². The number of carboxylic acids is 1. The predicted octanol–water partition coefficient (Wildman–Crippen LogP) is 1.32. The molecule has 0 amide bonds. The fourth-order valence-corrected chi connectivity index (χ4v) is 2.07. The highest BCUT2D eigenvalue weighted by Crippen LogP contribution is 2.25. The van der Waals surface area contributed by atoms with Crippen LogP contribution in [-0.4, -0.2) is 31.3 Å². The van der Waals surface area contributed by atoms with Crippen molar-refractivity contribution in [1.29, 1.82) is 0 Å². The van der Waals surface area contributed by atoms with Crippen LogP contribution in [0.1, 0.15) is 30.5 Å². The first-order valence-electron chi connectivity index (χ1n) is 6.35. The van der Waals surface area contributed by atoms with Gasteiger partial charge in [-0.1, -0.05) is 19.1 Å². The molecule has 0 spiro atoms. The van der Waals surface area contributed by atoms with Crippen molar-refractivity contribution in [2.75, 3.05) is 14.2 Å². The lowest BCUT2D eigenvalue weighted by atomic mass is 9.97. The molecule has 0 saturated heterocycles. The summed E-state index contributed by atoms with van der Waals surface area (Å²) in [5.41, 5.74) is 7.72. The summed E-state index contributed by atoms with van der Waals surface area (Å²) in [5.74, 6) is -0.131. The number of benzene rings is 1. The van der Waals surface area contributed by atoms with Crippen molar-refractivity contribution in [1.82, 2.24) is 5.32 Å². The molecule has 2 atom stereocenters. The average molecular weight is 266 g/mol. The Bertz CT molecular complexity index is 435. The quantitative estimate of drug-likeness (QED) is 0.693. The molecule has 1 aromatic rings. The SMILES string of the molecule is CCc1cc(C(CC(N)C(=O)O)NC)ccc1OC. The van der Waals surface area contributed by atoms with Crippen LogP contribution in [0.3, 0.4) is 0 Å². The van der Waals surface area contributed by atoms with E-state index in [9.17, 15) is 4.79 Å². The van der Waals surface area contributed by atoms with Gasteiger partial charge in [0.15, 0.2) is 0 Å². The maximum atomic E-state index is 10.8. The largest absolute Gasteiger partial charge is 0.496 e. The Balaban J connectivity index is 2.95. The number of ether oxygens (including phenoxy) is 1. The first kappa shape index (κ1) is 15.5. The zero-order chi connectivity index (χ0) is 14.4. The highest BCUT2D eigenvalue weighted by Gasteiger charge is 2.19. The van der Waals surface area contributed by atoms with Gasteiger partial charge in [-0.15, -0.1) is 0 Å². The van der Waals surface area contributed by atoms with Crippen LogP contribution < -0.4 is 15.8 Å². The highest BCUT2D eigenvalue weighted by atomic mass is 16.5. The number of rotatable bonds is 7. The van der Waals surface area contributed by atoms with Crippen molar-refractivity contribution in [3.63, 3.8) is 0 Å². The summed E-state index contributed by atoms with van der Waals surface area (Å²) in [4.78, 5) is 10.8. The number of carbonyl (C=O) groups is 1. The summed E-state index contributed by atoms with van der Waals surface area (Å²) >= 11 is 0. The molecular formula is C14H22N2O3. The Labute approximate surface area is 113 Å². The van der Waals surface area contributed by atoms with Crippen LogP contribution in [0.2, 0.25) is 0 Å². The summed E-state index contributed by atoms with van der Waals surface area (Å²) in [5, 5.41) is 12.0. The molecule has 0 bridgehead atoms. The van der Waals surface area contributed by atoms with Crippen molar-refractivity contribution in [3.05, 3.63) is 29.3 Å². The summed E-state index contributed by atoms with van der Waals surface area (Å²) in [6.45, 7) is 2.05. The van der Waals surface area contributed by atoms with Crippen molar-refractivity contribution in [2.45, 2.75) is 31.8 Å². The van der Waals surface area contributed by atoms with E-state index >= 15 is 0 Å². The number of hydrogen-bond donors (Lipinski definition) is 3. The zero-order valence-electron chi connectivity index (χ0n) is 11.6. The minimum Gasteiger partial charge on any atom is -0.496 e. The Morgan fingerprint density at radius 3 is 2.68 bits per heavy atom. The normalized spacial score (nSPS) is 13.9. The number of aryl methyl sites for hydroxylation is 1. The van der Waals surface area contributed by atoms with Crippen LogP contribution in [0.4, 0.5) is 0 Å². The maximum absolute atomic E-state index is 10.8. The van der Waals surface area contributed by atoms with Gasteiger partial charge in [0, 0.05) is 6.04 Å². The van der Waals surface area contributed by atoms with Crippen LogP contribution >= 0.6 is 0 Å². The molecule has 0 fully saturated rings. The van der Waals surface area contributed by atoms with Crippen molar-refractivity contribution >= 4 is 5.97 Å². The average Bonchev–Trinajstić information content (AvgIpc) is 2.43. The van der Waals surface area contributed by atoms with E-state index in [1.54, 1.807) is 14.2 Å². The fourth-order valence-electron chi connectivity index (χ4n) is 2.07. The number of nitrogens with two attached hydrogens (primary N) is 1. The Morgan fingerprint density at radius 2 is 2.21 bits per heavy atom. The standard InChI is InChI=1S/C14H22N2O3/c1-4-9-7-10(5-6-13(9)19-3)12(16-2)8-11(15)14(17)18/h5-7,11-12,16H,4,8,15H2,1-3H3,(H,17,18). The molecule has 0 radical (unpaired) electrons. The van der Waals surface area contributed by atoms with E-state index in [1.807, 2.05) is 18.2 Å². The summed E-state index contributed by atoms with van der Waals surface area (Å²) in [6.07, 6.45) is 1.21. The van der Waals surface area contributed by atoms with Gasteiger partial charge in [0.25, 0.3) is 0 Å². The molecular weight excluding hydrogens is 244 g/mol. The van der Waals surface area contributed by atoms with Crippen LogP contribution in [0.5, 0.6) is 5.75 Å². The minimum absolute atomic E-state index is 0.0812. The van der Waals surface area contributed by atoms with Gasteiger partial charge in [-0.25, -0.2) is 0 Å². The van der Waals surface area contributed by atoms with E-state index < -0.39 is 12.0 Å². The van der Waals surface area contributed by atoms with Crippen molar-refractivity contribution in [2.24, 2.45) is 5.73 Å². The monoisotopic (exact) mass is 266 g/mol. The summed E-state index contributed by atoms with van der Waals surface area (Å²) < 4.78 is 5.28. The smallest absolute Gasteiger partial charge is 0.320 e. The number of carboxylic acid groups (broad SMARTS) is 1.